The molecule has 0 saturated carbocycles. The molecule has 0 spiro atoms. The maximum atomic E-state index is 12.5. The van der Waals surface area contributed by atoms with Crippen LogP contribution in [-0.2, 0) is 6.42 Å². The van der Waals surface area contributed by atoms with Crippen molar-refractivity contribution in [3.05, 3.63) is 35.4 Å². The number of nitrogens with zero attached hydrogens (tertiary/aromatic N) is 2. The Balaban J connectivity index is 2.27. The monoisotopic (exact) mass is 242 g/mol. The number of likely N-dealkylation sites (tertiary alicyclic amines) is 1. The Kier molecular flexibility index (Phi) is 3.99. The van der Waals surface area contributed by atoms with E-state index in [1.165, 1.54) is 0 Å². The zero-order valence-corrected chi connectivity index (χ0v) is 10.7. The highest BCUT2D eigenvalue weighted by atomic mass is 16.2. The Morgan fingerprint density at radius 2 is 2.22 bits per heavy atom. The van der Waals surface area contributed by atoms with Gasteiger partial charge in [0, 0.05) is 12.1 Å². The molecule has 1 aromatic carbocycles. The number of benzene rings is 1. The first-order chi connectivity index (χ1) is 8.77. The molecule has 0 aromatic heterocycles. The molecule has 1 heterocycles. The summed E-state index contributed by atoms with van der Waals surface area (Å²) in [6.45, 7) is 2.75. The lowest BCUT2D eigenvalue weighted by molar-refractivity contribution is 0.0669. The summed E-state index contributed by atoms with van der Waals surface area (Å²) in [5.41, 5.74) is 1.81. The van der Waals surface area contributed by atoms with E-state index in [1.807, 2.05) is 31.2 Å². The maximum Gasteiger partial charge on any atom is 0.255 e. The number of carbonyl (C=O) groups excluding carboxylic acids is 1. The van der Waals surface area contributed by atoms with Gasteiger partial charge in [0.1, 0.15) is 6.04 Å². The number of amides is 1. The number of piperidine rings is 1. The molecule has 1 fully saturated rings. The summed E-state index contributed by atoms with van der Waals surface area (Å²) in [5, 5.41) is 9.14. The highest BCUT2D eigenvalue weighted by Crippen LogP contribution is 2.21. The van der Waals surface area contributed by atoms with E-state index in [1.54, 1.807) is 4.90 Å². The fraction of sp³-hybridized carbons (Fsp3) is 0.467. The van der Waals surface area contributed by atoms with Gasteiger partial charge in [-0.1, -0.05) is 25.1 Å². The van der Waals surface area contributed by atoms with Crippen molar-refractivity contribution in [1.82, 2.24) is 4.90 Å². The molecule has 1 saturated heterocycles. The highest BCUT2D eigenvalue weighted by Gasteiger charge is 2.27. The highest BCUT2D eigenvalue weighted by molar-refractivity contribution is 5.96. The molecule has 1 amide bonds. The van der Waals surface area contributed by atoms with Crippen molar-refractivity contribution in [2.45, 2.75) is 38.6 Å². The van der Waals surface area contributed by atoms with Crippen LogP contribution in [0.15, 0.2) is 24.3 Å². The van der Waals surface area contributed by atoms with Crippen molar-refractivity contribution in [2.24, 2.45) is 0 Å². The molecule has 3 heteroatoms. The molecule has 0 radical (unpaired) electrons. The van der Waals surface area contributed by atoms with Crippen LogP contribution in [0, 0.1) is 11.3 Å². The van der Waals surface area contributed by atoms with Gasteiger partial charge in [-0.2, -0.15) is 5.26 Å². The summed E-state index contributed by atoms with van der Waals surface area (Å²) in [4.78, 5) is 14.3. The fourth-order valence-corrected chi connectivity index (χ4v) is 2.50. The van der Waals surface area contributed by atoms with E-state index >= 15 is 0 Å². The van der Waals surface area contributed by atoms with Crippen LogP contribution in [0.5, 0.6) is 0 Å². The van der Waals surface area contributed by atoms with Gasteiger partial charge >= 0.3 is 0 Å². The van der Waals surface area contributed by atoms with E-state index in [0.29, 0.717) is 6.54 Å². The van der Waals surface area contributed by atoms with Crippen LogP contribution in [0.1, 0.15) is 42.1 Å². The first-order valence-electron chi connectivity index (χ1n) is 6.56. The second-order valence-electron chi connectivity index (χ2n) is 4.65. The van der Waals surface area contributed by atoms with Crippen LogP contribution in [0.2, 0.25) is 0 Å². The molecule has 18 heavy (non-hydrogen) atoms. The second-order valence-corrected chi connectivity index (χ2v) is 4.65. The SMILES string of the molecule is CCc1ccccc1C(=O)N1CCCCC1C#N. The van der Waals surface area contributed by atoms with Gasteiger partial charge in [-0.05, 0) is 37.3 Å². The fourth-order valence-electron chi connectivity index (χ4n) is 2.50. The van der Waals surface area contributed by atoms with Crippen molar-refractivity contribution < 1.29 is 4.79 Å². The lowest BCUT2D eigenvalue weighted by Gasteiger charge is -2.31. The van der Waals surface area contributed by atoms with E-state index in [4.69, 9.17) is 5.26 Å². The van der Waals surface area contributed by atoms with E-state index in [9.17, 15) is 4.79 Å². The molecule has 2 rings (SSSR count). The number of carbonyl (C=O) groups is 1. The minimum absolute atomic E-state index is 0.0127. The number of nitriles is 1. The molecule has 94 valence electrons. The van der Waals surface area contributed by atoms with Crippen LogP contribution < -0.4 is 0 Å². The standard InChI is InChI=1S/C15H18N2O/c1-2-12-7-3-4-9-14(12)15(18)17-10-6-5-8-13(17)11-16/h3-4,7,9,13H,2,5-6,8,10H2,1H3. The molecule has 0 aliphatic carbocycles. The number of hydrogen-bond donors (Lipinski definition) is 0. The zero-order chi connectivity index (χ0) is 13.0. The average Bonchev–Trinajstić information content (AvgIpc) is 2.46. The molecule has 0 N–H and O–H groups in total. The Labute approximate surface area is 108 Å². The largest absolute Gasteiger partial charge is 0.323 e. The van der Waals surface area contributed by atoms with Crippen molar-refractivity contribution in [2.75, 3.05) is 6.54 Å². The maximum absolute atomic E-state index is 12.5. The van der Waals surface area contributed by atoms with Gasteiger partial charge < -0.3 is 4.90 Å². The third kappa shape index (κ3) is 2.38. The van der Waals surface area contributed by atoms with Gasteiger partial charge in [-0.3, -0.25) is 4.79 Å². The van der Waals surface area contributed by atoms with Gasteiger partial charge in [0.05, 0.1) is 6.07 Å². The third-order valence-corrected chi connectivity index (χ3v) is 3.54. The van der Waals surface area contributed by atoms with Gasteiger partial charge in [-0.15, -0.1) is 0 Å². The normalized spacial score (nSPS) is 19.3. The molecule has 3 nitrogen and oxygen atoms in total. The van der Waals surface area contributed by atoms with Gasteiger partial charge in [0.2, 0.25) is 0 Å². The predicted octanol–water partition coefficient (Wildman–Crippen LogP) is 2.77. The van der Waals surface area contributed by atoms with E-state index in [-0.39, 0.29) is 11.9 Å². The summed E-state index contributed by atoms with van der Waals surface area (Å²) in [7, 11) is 0. The molecule has 1 aliphatic rings. The molecule has 0 bridgehead atoms. The van der Waals surface area contributed by atoms with E-state index in [0.717, 1.165) is 36.8 Å². The molecule has 1 unspecified atom stereocenters. The zero-order valence-electron chi connectivity index (χ0n) is 10.7. The number of aryl methyl sites for hydroxylation is 1. The third-order valence-electron chi connectivity index (χ3n) is 3.54. The lowest BCUT2D eigenvalue weighted by Crippen LogP contribution is -2.43. The molecule has 1 aliphatic heterocycles. The Morgan fingerprint density at radius 1 is 1.44 bits per heavy atom. The molecule has 1 atom stereocenters. The van der Waals surface area contributed by atoms with Crippen molar-refractivity contribution >= 4 is 5.91 Å². The predicted molar refractivity (Wildman–Crippen MR) is 70.1 cm³/mol. The van der Waals surface area contributed by atoms with E-state index in [2.05, 4.69) is 6.07 Å². The van der Waals surface area contributed by atoms with Gasteiger partial charge in [0.25, 0.3) is 5.91 Å². The Morgan fingerprint density at radius 3 is 2.94 bits per heavy atom. The second kappa shape index (κ2) is 5.68. The summed E-state index contributed by atoms with van der Waals surface area (Å²) in [5.74, 6) is 0.0127. The quantitative estimate of drug-likeness (QED) is 0.800. The Bertz CT molecular complexity index is 476. The molecular formula is C15H18N2O. The average molecular weight is 242 g/mol. The summed E-state index contributed by atoms with van der Waals surface area (Å²) >= 11 is 0. The van der Waals surface area contributed by atoms with Crippen molar-refractivity contribution in [1.29, 1.82) is 5.26 Å². The first-order valence-corrected chi connectivity index (χ1v) is 6.56. The van der Waals surface area contributed by atoms with Crippen LogP contribution in [0.4, 0.5) is 0 Å². The smallest absolute Gasteiger partial charge is 0.255 e. The molecular weight excluding hydrogens is 224 g/mol. The minimum Gasteiger partial charge on any atom is -0.323 e. The number of hydrogen-bond acceptors (Lipinski definition) is 2. The van der Waals surface area contributed by atoms with Crippen molar-refractivity contribution in [3.8, 4) is 6.07 Å². The summed E-state index contributed by atoms with van der Waals surface area (Å²) in [6, 6.07) is 9.68. The lowest BCUT2D eigenvalue weighted by atomic mass is 9.99. The van der Waals surface area contributed by atoms with Gasteiger partial charge in [-0.25, -0.2) is 0 Å². The van der Waals surface area contributed by atoms with Crippen molar-refractivity contribution in [3.63, 3.8) is 0 Å². The van der Waals surface area contributed by atoms with Crippen LogP contribution in [0.3, 0.4) is 0 Å². The summed E-state index contributed by atoms with van der Waals surface area (Å²) < 4.78 is 0. The molecule has 1 aromatic rings. The van der Waals surface area contributed by atoms with E-state index < -0.39 is 0 Å². The Hall–Kier alpha value is -1.82. The van der Waals surface area contributed by atoms with Crippen LogP contribution >= 0.6 is 0 Å². The topological polar surface area (TPSA) is 44.1 Å². The number of rotatable bonds is 2. The minimum atomic E-state index is -0.254. The van der Waals surface area contributed by atoms with Gasteiger partial charge in [0.15, 0.2) is 0 Å². The van der Waals surface area contributed by atoms with Crippen LogP contribution in [0.25, 0.3) is 0 Å². The van der Waals surface area contributed by atoms with Crippen LogP contribution in [-0.4, -0.2) is 23.4 Å². The first kappa shape index (κ1) is 12.6. The summed E-state index contributed by atoms with van der Waals surface area (Å²) in [6.07, 6.45) is 3.68.